The van der Waals surface area contributed by atoms with Crippen LogP contribution < -0.4 is 14.4 Å². The van der Waals surface area contributed by atoms with Gasteiger partial charge < -0.3 is 19.1 Å². The largest absolute Gasteiger partial charge is 0.486 e. The lowest BCUT2D eigenvalue weighted by Crippen LogP contribution is -2.47. The molecule has 0 unspecified atom stereocenters. The van der Waals surface area contributed by atoms with Crippen molar-refractivity contribution in [2.75, 3.05) is 44.4 Å². The van der Waals surface area contributed by atoms with Crippen LogP contribution in [0.3, 0.4) is 0 Å². The molecule has 1 amide bonds. The summed E-state index contributed by atoms with van der Waals surface area (Å²) in [6.07, 6.45) is 1.09. The Balaban J connectivity index is 1.29. The molecule has 152 valence electrons. The van der Waals surface area contributed by atoms with Crippen LogP contribution >= 0.6 is 0 Å². The Labute approximate surface area is 171 Å². The molecular formula is C23H26N2O4. The van der Waals surface area contributed by atoms with E-state index in [1.165, 1.54) is 5.56 Å². The van der Waals surface area contributed by atoms with E-state index in [0.29, 0.717) is 25.7 Å². The zero-order chi connectivity index (χ0) is 19.6. The number of para-hydroxylation sites is 1. The third-order valence-corrected chi connectivity index (χ3v) is 5.97. The highest BCUT2D eigenvalue weighted by Gasteiger charge is 2.36. The highest BCUT2D eigenvalue weighted by atomic mass is 16.6. The standard InChI is InChI=1S/C23H26N2O4/c26-23-16-29-20-8-9-24(13-17-6-7-21-22(12-17)28-11-10-27-21)14-18(20)15-25(23)19-4-2-1-3-5-19/h1-7,12,18,20H,8-11,13-16H2/t18-,20+/m1/s1. The molecule has 3 aliphatic rings. The van der Waals surface area contributed by atoms with Crippen molar-refractivity contribution in [3.8, 4) is 11.5 Å². The lowest BCUT2D eigenvalue weighted by Gasteiger charge is -2.38. The second-order valence-electron chi connectivity index (χ2n) is 7.95. The van der Waals surface area contributed by atoms with Crippen molar-refractivity contribution in [2.24, 2.45) is 5.92 Å². The summed E-state index contributed by atoms with van der Waals surface area (Å²) in [4.78, 5) is 17.0. The molecule has 0 aromatic heterocycles. The molecule has 2 aromatic rings. The Bertz CT molecular complexity index is 872. The van der Waals surface area contributed by atoms with Gasteiger partial charge in [0.1, 0.15) is 19.8 Å². The van der Waals surface area contributed by atoms with Crippen LogP contribution in [0, 0.1) is 5.92 Å². The average molecular weight is 394 g/mol. The minimum Gasteiger partial charge on any atom is -0.486 e. The van der Waals surface area contributed by atoms with Crippen LogP contribution in [-0.2, 0) is 16.1 Å². The molecule has 29 heavy (non-hydrogen) atoms. The summed E-state index contributed by atoms with van der Waals surface area (Å²) in [6.45, 7) is 4.82. The number of likely N-dealkylation sites (tertiary alicyclic amines) is 1. The number of rotatable bonds is 3. The van der Waals surface area contributed by atoms with Gasteiger partial charge in [0.05, 0.1) is 6.10 Å². The molecule has 2 fully saturated rings. The molecule has 0 bridgehead atoms. The predicted octanol–water partition coefficient (Wildman–Crippen LogP) is 2.71. The number of piperidine rings is 1. The highest BCUT2D eigenvalue weighted by molar-refractivity contribution is 5.94. The molecular weight excluding hydrogens is 368 g/mol. The van der Waals surface area contributed by atoms with Crippen LogP contribution in [-0.4, -0.2) is 56.4 Å². The number of fused-ring (bicyclic) bond motifs is 2. The monoisotopic (exact) mass is 394 g/mol. The van der Waals surface area contributed by atoms with E-state index in [1.54, 1.807) is 0 Å². The van der Waals surface area contributed by atoms with Gasteiger partial charge in [-0.25, -0.2) is 0 Å². The summed E-state index contributed by atoms with van der Waals surface area (Å²) in [5, 5.41) is 0. The fraction of sp³-hybridized carbons (Fsp3) is 0.435. The van der Waals surface area contributed by atoms with E-state index in [9.17, 15) is 4.79 Å². The number of hydrogen-bond acceptors (Lipinski definition) is 5. The Morgan fingerprint density at radius 1 is 0.966 bits per heavy atom. The Morgan fingerprint density at radius 3 is 2.66 bits per heavy atom. The van der Waals surface area contributed by atoms with Crippen LogP contribution in [0.1, 0.15) is 12.0 Å². The maximum Gasteiger partial charge on any atom is 0.252 e. The molecule has 6 nitrogen and oxygen atoms in total. The molecule has 3 aliphatic heterocycles. The first kappa shape index (κ1) is 18.5. The first-order chi connectivity index (χ1) is 14.3. The number of carbonyl (C=O) groups is 1. The van der Waals surface area contributed by atoms with Crippen LogP contribution in [0.25, 0.3) is 0 Å². The number of benzene rings is 2. The molecule has 2 atom stereocenters. The van der Waals surface area contributed by atoms with Gasteiger partial charge in [0.15, 0.2) is 11.5 Å². The Morgan fingerprint density at radius 2 is 1.79 bits per heavy atom. The maximum atomic E-state index is 12.6. The second-order valence-corrected chi connectivity index (χ2v) is 7.95. The third-order valence-electron chi connectivity index (χ3n) is 5.97. The van der Waals surface area contributed by atoms with Gasteiger partial charge >= 0.3 is 0 Å². The topological polar surface area (TPSA) is 51.2 Å². The Kier molecular flexibility index (Phi) is 5.12. The number of ether oxygens (including phenoxy) is 3. The van der Waals surface area contributed by atoms with Gasteiger partial charge in [0.25, 0.3) is 5.91 Å². The number of hydrogen-bond donors (Lipinski definition) is 0. The van der Waals surface area contributed by atoms with Gasteiger partial charge in [0.2, 0.25) is 0 Å². The summed E-state index contributed by atoms with van der Waals surface area (Å²) in [5.41, 5.74) is 2.17. The molecule has 2 aromatic carbocycles. The van der Waals surface area contributed by atoms with Crippen molar-refractivity contribution < 1.29 is 19.0 Å². The molecule has 3 heterocycles. The van der Waals surface area contributed by atoms with Crippen LogP contribution in [0.15, 0.2) is 48.5 Å². The van der Waals surface area contributed by atoms with Gasteiger partial charge in [-0.05, 0) is 36.2 Å². The van der Waals surface area contributed by atoms with E-state index in [0.717, 1.165) is 43.2 Å². The molecule has 0 aliphatic carbocycles. The summed E-state index contributed by atoms with van der Waals surface area (Å²) in [6, 6.07) is 16.1. The van der Waals surface area contributed by atoms with Crippen LogP contribution in [0.4, 0.5) is 5.69 Å². The number of amides is 1. The second kappa shape index (κ2) is 8.05. The van der Waals surface area contributed by atoms with Crippen LogP contribution in [0.5, 0.6) is 11.5 Å². The molecule has 0 radical (unpaired) electrons. The van der Waals surface area contributed by atoms with Crippen molar-refractivity contribution in [2.45, 2.75) is 19.1 Å². The lowest BCUT2D eigenvalue weighted by molar-refractivity contribution is -0.124. The van der Waals surface area contributed by atoms with E-state index < -0.39 is 0 Å². The van der Waals surface area contributed by atoms with E-state index in [2.05, 4.69) is 17.0 Å². The minimum absolute atomic E-state index is 0.0454. The molecule has 0 spiro atoms. The Hall–Kier alpha value is -2.57. The molecule has 5 rings (SSSR count). The van der Waals surface area contributed by atoms with Gasteiger partial charge in [-0.15, -0.1) is 0 Å². The molecule has 0 N–H and O–H groups in total. The van der Waals surface area contributed by atoms with Gasteiger partial charge in [-0.1, -0.05) is 24.3 Å². The normalized spacial score (nSPS) is 24.7. The van der Waals surface area contributed by atoms with E-state index in [-0.39, 0.29) is 18.6 Å². The zero-order valence-electron chi connectivity index (χ0n) is 16.5. The fourth-order valence-corrected chi connectivity index (χ4v) is 4.52. The maximum absolute atomic E-state index is 12.6. The van der Waals surface area contributed by atoms with E-state index in [1.807, 2.05) is 41.3 Å². The number of nitrogens with zero attached hydrogens (tertiary/aromatic N) is 2. The predicted molar refractivity (Wildman–Crippen MR) is 109 cm³/mol. The van der Waals surface area contributed by atoms with Crippen molar-refractivity contribution >= 4 is 11.6 Å². The average Bonchev–Trinajstić information content (AvgIpc) is 2.93. The van der Waals surface area contributed by atoms with Gasteiger partial charge in [-0.3, -0.25) is 9.69 Å². The molecule has 6 heteroatoms. The van der Waals surface area contributed by atoms with Crippen molar-refractivity contribution in [3.63, 3.8) is 0 Å². The van der Waals surface area contributed by atoms with Gasteiger partial charge in [-0.2, -0.15) is 0 Å². The van der Waals surface area contributed by atoms with E-state index in [4.69, 9.17) is 14.2 Å². The smallest absolute Gasteiger partial charge is 0.252 e. The van der Waals surface area contributed by atoms with Gasteiger partial charge in [0, 0.05) is 37.8 Å². The summed E-state index contributed by atoms with van der Waals surface area (Å²) < 4.78 is 17.3. The van der Waals surface area contributed by atoms with Crippen LogP contribution in [0.2, 0.25) is 0 Å². The zero-order valence-corrected chi connectivity index (χ0v) is 16.5. The summed E-state index contributed by atoms with van der Waals surface area (Å²) in [5.74, 6) is 2.01. The third kappa shape index (κ3) is 3.95. The summed E-state index contributed by atoms with van der Waals surface area (Å²) >= 11 is 0. The minimum atomic E-state index is 0.0454. The first-order valence-corrected chi connectivity index (χ1v) is 10.3. The number of anilines is 1. The molecule has 0 saturated carbocycles. The lowest BCUT2D eigenvalue weighted by atomic mass is 9.93. The van der Waals surface area contributed by atoms with Crippen molar-refractivity contribution in [1.29, 1.82) is 0 Å². The fourth-order valence-electron chi connectivity index (χ4n) is 4.52. The van der Waals surface area contributed by atoms with Crippen molar-refractivity contribution in [1.82, 2.24) is 4.90 Å². The van der Waals surface area contributed by atoms with Crippen molar-refractivity contribution in [3.05, 3.63) is 54.1 Å². The summed E-state index contributed by atoms with van der Waals surface area (Å²) in [7, 11) is 0. The highest BCUT2D eigenvalue weighted by Crippen LogP contribution is 2.32. The molecule has 2 saturated heterocycles. The quantitative estimate of drug-likeness (QED) is 0.801. The first-order valence-electron chi connectivity index (χ1n) is 10.3. The van der Waals surface area contributed by atoms with E-state index >= 15 is 0 Å². The SMILES string of the molecule is O=C1CO[C@H]2CCN(Cc3ccc4c(c3)OCCO4)C[C@@H]2CN1c1ccccc1. The number of carbonyl (C=O) groups excluding carboxylic acids is 1.